The molecule has 2 aromatic rings. The molecule has 4 nitrogen and oxygen atoms in total. The van der Waals surface area contributed by atoms with E-state index in [0.717, 1.165) is 10.2 Å². The highest BCUT2D eigenvalue weighted by molar-refractivity contribution is 7.16. The zero-order chi connectivity index (χ0) is 8.55. The Kier molecular flexibility index (Phi) is 2.79. The number of hydrogen-bond donors (Lipinski definition) is 0. The van der Waals surface area contributed by atoms with Gasteiger partial charge in [-0.2, -0.15) is 0 Å². The number of nitrogens with zero attached hydrogens (tertiary/aromatic N) is 2. The van der Waals surface area contributed by atoms with Crippen molar-refractivity contribution in [3.63, 3.8) is 0 Å². The predicted molar refractivity (Wildman–Crippen MR) is 53.5 cm³/mol. The molecule has 68 valence electrons. The molecule has 0 aliphatic rings. The smallest absolute Gasteiger partial charge is 0.258 e. The van der Waals surface area contributed by atoms with Crippen molar-refractivity contribution in [3.05, 3.63) is 33.8 Å². The molecule has 0 saturated heterocycles. The van der Waals surface area contributed by atoms with Gasteiger partial charge in [-0.25, -0.2) is 4.98 Å². The molecular formula is C7H5ClN2O2S. The van der Waals surface area contributed by atoms with E-state index in [2.05, 4.69) is 4.98 Å². The minimum Gasteiger partial charge on any atom is -0.258 e. The number of halogens is 1. The van der Waals surface area contributed by atoms with E-state index in [1.807, 2.05) is 0 Å². The second-order valence-electron chi connectivity index (χ2n) is 2.26. The summed E-state index contributed by atoms with van der Waals surface area (Å²) in [6.45, 7) is 0. The number of benzene rings is 1. The first-order valence-electron chi connectivity index (χ1n) is 3.25. The lowest BCUT2D eigenvalue weighted by Gasteiger charge is -1.89. The third-order valence-corrected chi connectivity index (χ3v) is 2.32. The molecule has 13 heavy (non-hydrogen) atoms. The summed E-state index contributed by atoms with van der Waals surface area (Å²) in [5.41, 5.74) is 2.60. The van der Waals surface area contributed by atoms with Crippen LogP contribution in [0.3, 0.4) is 0 Å². The van der Waals surface area contributed by atoms with Crippen LogP contribution in [0.15, 0.2) is 23.7 Å². The molecular weight excluding hydrogens is 212 g/mol. The van der Waals surface area contributed by atoms with E-state index in [-0.39, 0.29) is 18.1 Å². The van der Waals surface area contributed by atoms with Crippen LogP contribution in [0.1, 0.15) is 0 Å². The highest BCUT2D eigenvalue weighted by Gasteiger charge is 2.06. The average Bonchev–Trinajstić information content (AvgIpc) is 2.49. The Hall–Kier alpha value is -1.20. The fourth-order valence-corrected chi connectivity index (χ4v) is 1.67. The summed E-state index contributed by atoms with van der Waals surface area (Å²) in [4.78, 5) is 14.0. The van der Waals surface area contributed by atoms with Gasteiger partial charge < -0.3 is 0 Å². The summed E-state index contributed by atoms with van der Waals surface area (Å²) in [7, 11) is 0. The largest absolute Gasteiger partial charge is 0.270 e. The van der Waals surface area contributed by atoms with E-state index in [0.29, 0.717) is 0 Å². The van der Waals surface area contributed by atoms with E-state index in [1.54, 1.807) is 11.6 Å². The number of fused-ring (bicyclic) bond motifs is 1. The first-order valence-corrected chi connectivity index (χ1v) is 4.13. The monoisotopic (exact) mass is 216 g/mol. The summed E-state index contributed by atoms with van der Waals surface area (Å²) in [5.74, 6) is 0. The quantitative estimate of drug-likeness (QED) is 0.544. The van der Waals surface area contributed by atoms with Gasteiger partial charge in [-0.1, -0.05) is 0 Å². The van der Waals surface area contributed by atoms with Crippen LogP contribution in [0.5, 0.6) is 0 Å². The van der Waals surface area contributed by atoms with Gasteiger partial charge in [0.15, 0.2) is 0 Å². The first-order chi connectivity index (χ1) is 5.77. The van der Waals surface area contributed by atoms with Crippen molar-refractivity contribution in [3.8, 4) is 0 Å². The summed E-state index contributed by atoms with van der Waals surface area (Å²) in [6, 6.07) is 4.65. The average molecular weight is 217 g/mol. The lowest BCUT2D eigenvalue weighted by molar-refractivity contribution is -0.384. The van der Waals surface area contributed by atoms with Crippen LogP contribution in [0.4, 0.5) is 5.69 Å². The Labute approximate surface area is 83.8 Å². The molecule has 0 aliphatic carbocycles. The molecule has 2 rings (SSSR count). The van der Waals surface area contributed by atoms with Gasteiger partial charge in [-0.3, -0.25) is 10.1 Å². The Morgan fingerprint density at radius 3 is 2.92 bits per heavy atom. The molecule has 1 aromatic carbocycles. The van der Waals surface area contributed by atoms with Crippen LogP contribution < -0.4 is 0 Å². The highest BCUT2D eigenvalue weighted by Crippen LogP contribution is 2.22. The topological polar surface area (TPSA) is 56.0 Å². The maximum atomic E-state index is 10.4. The lowest BCUT2D eigenvalue weighted by atomic mass is 10.3. The molecule has 0 aliphatic heterocycles. The van der Waals surface area contributed by atoms with Gasteiger partial charge in [0.05, 0.1) is 20.7 Å². The number of thiazole rings is 1. The predicted octanol–water partition coefficient (Wildman–Crippen LogP) is 2.63. The molecule has 1 heterocycles. The van der Waals surface area contributed by atoms with Crippen molar-refractivity contribution >= 4 is 39.6 Å². The van der Waals surface area contributed by atoms with Crippen molar-refractivity contribution in [2.75, 3.05) is 0 Å². The van der Waals surface area contributed by atoms with Crippen LogP contribution in [0.2, 0.25) is 0 Å². The van der Waals surface area contributed by atoms with Crippen molar-refractivity contribution in [2.24, 2.45) is 0 Å². The fraction of sp³-hybridized carbons (Fsp3) is 0. The van der Waals surface area contributed by atoms with Gasteiger partial charge in [0.2, 0.25) is 0 Å². The van der Waals surface area contributed by atoms with Crippen molar-refractivity contribution in [1.29, 1.82) is 0 Å². The third-order valence-electron chi connectivity index (χ3n) is 1.53. The standard InChI is InChI=1S/C7H4N2O2S.ClH/c10-9(11)5-1-2-6-7(3-5)12-4-8-6;/h1-4H;1H. The van der Waals surface area contributed by atoms with Gasteiger partial charge in [0.25, 0.3) is 5.69 Å². The normalized spacial score (nSPS) is 9.54. The number of rotatable bonds is 1. The second-order valence-corrected chi connectivity index (χ2v) is 3.15. The lowest BCUT2D eigenvalue weighted by Crippen LogP contribution is -1.85. The van der Waals surface area contributed by atoms with E-state index in [1.165, 1.54) is 23.5 Å². The Bertz CT molecular complexity index is 443. The van der Waals surface area contributed by atoms with Gasteiger partial charge in [-0.15, -0.1) is 23.7 Å². The van der Waals surface area contributed by atoms with Crippen LogP contribution in [0, 0.1) is 10.1 Å². The number of aromatic nitrogens is 1. The second kappa shape index (κ2) is 3.68. The fourth-order valence-electron chi connectivity index (χ4n) is 0.957. The summed E-state index contributed by atoms with van der Waals surface area (Å²) in [6.07, 6.45) is 0. The van der Waals surface area contributed by atoms with Crippen molar-refractivity contribution in [2.45, 2.75) is 0 Å². The Morgan fingerprint density at radius 2 is 2.23 bits per heavy atom. The molecule has 0 spiro atoms. The van der Waals surface area contributed by atoms with Crippen LogP contribution in [-0.4, -0.2) is 9.91 Å². The summed E-state index contributed by atoms with van der Waals surface area (Å²) < 4.78 is 0.851. The minimum atomic E-state index is -0.404. The van der Waals surface area contributed by atoms with Crippen LogP contribution in [0.25, 0.3) is 10.2 Å². The van der Waals surface area contributed by atoms with Crippen LogP contribution >= 0.6 is 23.7 Å². The van der Waals surface area contributed by atoms with Gasteiger partial charge >= 0.3 is 0 Å². The number of non-ortho nitro benzene ring substituents is 1. The summed E-state index contributed by atoms with van der Waals surface area (Å²) >= 11 is 1.40. The minimum absolute atomic E-state index is 0. The molecule has 0 radical (unpaired) electrons. The van der Waals surface area contributed by atoms with E-state index >= 15 is 0 Å². The van der Waals surface area contributed by atoms with E-state index in [9.17, 15) is 10.1 Å². The van der Waals surface area contributed by atoms with Crippen LogP contribution in [-0.2, 0) is 0 Å². The molecule has 0 bridgehead atoms. The zero-order valence-corrected chi connectivity index (χ0v) is 7.97. The highest BCUT2D eigenvalue weighted by atomic mass is 35.5. The Balaban J connectivity index is 0.000000845. The maximum absolute atomic E-state index is 10.4. The first kappa shape index (κ1) is 9.88. The summed E-state index contributed by atoms with van der Waals surface area (Å²) in [5, 5.41) is 10.4. The number of nitro groups is 1. The van der Waals surface area contributed by atoms with Crippen molar-refractivity contribution < 1.29 is 4.92 Å². The van der Waals surface area contributed by atoms with E-state index < -0.39 is 4.92 Å². The molecule has 1 aromatic heterocycles. The molecule has 6 heteroatoms. The molecule has 0 N–H and O–H groups in total. The van der Waals surface area contributed by atoms with Gasteiger partial charge in [-0.05, 0) is 6.07 Å². The molecule has 0 unspecified atom stereocenters. The molecule has 0 amide bonds. The molecule has 0 fully saturated rings. The van der Waals surface area contributed by atoms with E-state index in [4.69, 9.17) is 0 Å². The number of nitro benzene ring substituents is 1. The Morgan fingerprint density at radius 1 is 1.46 bits per heavy atom. The van der Waals surface area contributed by atoms with Gasteiger partial charge in [0.1, 0.15) is 0 Å². The maximum Gasteiger partial charge on any atom is 0.270 e. The van der Waals surface area contributed by atoms with Gasteiger partial charge in [0, 0.05) is 12.1 Å². The number of hydrogen-bond acceptors (Lipinski definition) is 4. The molecule has 0 saturated carbocycles. The SMILES string of the molecule is Cl.O=[N+]([O-])c1ccc2ncsc2c1. The van der Waals surface area contributed by atoms with Crippen molar-refractivity contribution in [1.82, 2.24) is 4.98 Å². The molecule has 0 atom stereocenters. The third kappa shape index (κ3) is 1.76. The zero-order valence-electron chi connectivity index (χ0n) is 6.34.